The highest BCUT2D eigenvalue weighted by Gasteiger charge is 2.17. The molecule has 0 aliphatic rings. The lowest BCUT2D eigenvalue weighted by Gasteiger charge is -2.07. The van der Waals surface area contributed by atoms with E-state index in [-0.39, 0.29) is 18.3 Å². The number of amides is 1. The van der Waals surface area contributed by atoms with Crippen LogP contribution in [0.25, 0.3) is 0 Å². The maximum atomic E-state index is 11.9. The molecule has 1 heterocycles. The number of aryl methyl sites for hydroxylation is 1. The molecule has 0 fully saturated rings. The quantitative estimate of drug-likeness (QED) is 0.689. The first kappa shape index (κ1) is 15.3. The lowest BCUT2D eigenvalue weighted by molar-refractivity contribution is -0.389. The number of imidazole rings is 1. The van der Waals surface area contributed by atoms with E-state index in [4.69, 9.17) is 23.2 Å². The summed E-state index contributed by atoms with van der Waals surface area (Å²) in [6.07, 6.45) is 1.21. The van der Waals surface area contributed by atoms with E-state index in [0.717, 1.165) is 0 Å². The molecule has 1 aromatic heterocycles. The average Bonchev–Trinajstić information content (AvgIpc) is 2.69. The van der Waals surface area contributed by atoms with Crippen molar-refractivity contribution in [1.82, 2.24) is 9.55 Å². The van der Waals surface area contributed by atoms with Crippen molar-refractivity contribution in [3.05, 3.63) is 50.4 Å². The van der Waals surface area contributed by atoms with Crippen molar-refractivity contribution in [3.8, 4) is 0 Å². The smallest absolute Gasteiger partial charge is 0.358 e. The fourth-order valence-electron chi connectivity index (χ4n) is 1.72. The Bertz CT molecular complexity index is 694. The number of halogens is 2. The summed E-state index contributed by atoms with van der Waals surface area (Å²) >= 11 is 11.7. The molecule has 0 aliphatic heterocycles. The predicted molar refractivity (Wildman–Crippen MR) is 78.7 cm³/mol. The molecule has 0 radical (unpaired) electrons. The summed E-state index contributed by atoms with van der Waals surface area (Å²) in [4.78, 5) is 25.7. The number of aromatic nitrogens is 2. The number of carbonyl (C=O) groups is 1. The van der Waals surface area contributed by atoms with Crippen molar-refractivity contribution in [2.75, 3.05) is 5.32 Å². The molecule has 0 bridgehead atoms. The van der Waals surface area contributed by atoms with Gasteiger partial charge in [0, 0.05) is 22.7 Å². The Kier molecular flexibility index (Phi) is 4.44. The zero-order valence-corrected chi connectivity index (χ0v) is 12.4. The van der Waals surface area contributed by atoms with Crippen molar-refractivity contribution in [1.29, 1.82) is 0 Å². The summed E-state index contributed by atoms with van der Waals surface area (Å²) in [5.74, 6) is -0.296. The third-order valence-electron chi connectivity index (χ3n) is 2.61. The van der Waals surface area contributed by atoms with Crippen molar-refractivity contribution in [2.45, 2.75) is 13.5 Å². The zero-order valence-electron chi connectivity index (χ0n) is 10.8. The van der Waals surface area contributed by atoms with Gasteiger partial charge in [0.1, 0.15) is 12.7 Å². The topological polar surface area (TPSA) is 90.1 Å². The van der Waals surface area contributed by atoms with Crippen LogP contribution in [0.2, 0.25) is 10.0 Å². The van der Waals surface area contributed by atoms with Gasteiger partial charge in [-0.3, -0.25) is 9.36 Å². The maximum absolute atomic E-state index is 11.9. The first-order valence-electron chi connectivity index (χ1n) is 5.79. The van der Waals surface area contributed by atoms with Crippen LogP contribution in [0.4, 0.5) is 11.5 Å². The number of rotatable bonds is 4. The highest BCUT2D eigenvalue weighted by atomic mass is 35.5. The summed E-state index contributed by atoms with van der Waals surface area (Å²) in [6, 6.07) is 4.64. The Labute approximate surface area is 129 Å². The van der Waals surface area contributed by atoms with Gasteiger partial charge in [-0.05, 0) is 28.1 Å². The summed E-state index contributed by atoms with van der Waals surface area (Å²) in [5.41, 5.74) is 0.449. The van der Waals surface area contributed by atoms with Gasteiger partial charge in [0.25, 0.3) is 0 Å². The van der Waals surface area contributed by atoms with Gasteiger partial charge in [-0.25, -0.2) is 0 Å². The van der Waals surface area contributed by atoms with Crippen LogP contribution < -0.4 is 5.32 Å². The van der Waals surface area contributed by atoms with E-state index < -0.39 is 4.92 Å². The number of nitrogens with one attached hydrogen (secondary N) is 1. The van der Waals surface area contributed by atoms with Gasteiger partial charge >= 0.3 is 5.82 Å². The molecule has 110 valence electrons. The minimum atomic E-state index is -0.613. The molecule has 1 N–H and O–H groups in total. The largest absolute Gasteiger partial charge is 0.381 e. The van der Waals surface area contributed by atoms with Crippen LogP contribution in [0.1, 0.15) is 5.82 Å². The third kappa shape index (κ3) is 3.93. The van der Waals surface area contributed by atoms with E-state index in [0.29, 0.717) is 21.6 Å². The Morgan fingerprint density at radius 1 is 1.38 bits per heavy atom. The van der Waals surface area contributed by atoms with Gasteiger partial charge in [0.05, 0.1) is 0 Å². The van der Waals surface area contributed by atoms with Crippen LogP contribution in [0.5, 0.6) is 0 Å². The van der Waals surface area contributed by atoms with Crippen LogP contribution in [-0.2, 0) is 11.3 Å². The molecule has 2 rings (SSSR count). The number of nitro groups is 1. The second kappa shape index (κ2) is 6.11. The zero-order chi connectivity index (χ0) is 15.6. The molecule has 0 unspecified atom stereocenters. The number of hydrogen-bond acceptors (Lipinski definition) is 4. The molecular formula is C12H10Cl2N4O3. The summed E-state index contributed by atoms with van der Waals surface area (Å²) in [5, 5.41) is 14.0. The van der Waals surface area contributed by atoms with Crippen molar-refractivity contribution in [2.24, 2.45) is 0 Å². The van der Waals surface area contributed by atoms with Crippen molar-refractivity contribution < 1.29 is 9.72 Å². The normalized spacial score (nSPS) is 10.4. The first-order valence-corrected chi connectivity index (χ1v) is 6.55. The predicted octanol–water partition coefficient (Wildman–Crippen LogP) is 3.05. The summed E-state index contributed by atoms with van der Waals surface area (Å²) in [7, 11) is 0. The molecular weight excluding hydrogens is 319 g/mol. The van der Waals surface area contributed by atoms with Gasteiger partial charge in [0.2, 0.25) is 11.7 Å². The molecule has 2 aromatic rings. The number of nitrogens with zero attached hydrogens (tertiary/aromatic N) is 3. The van der Waals surface area contributed by atoms with Gasteiger partial charge in [-0.2, -0.15) is 0 Å². The van der Waals surface area contributed by atoms with Gasteiger partial charge in [0.15, 0.2) is 0 Å². The first-order chi connectivity index (χ1) is 9.85. The molecule has 0 atom stereocenters. The number of anilines is 1. The maximum Gasteiger partial charge on any atom is 0.381 e. The average molecular weight is 329 g/mol. The SMILES string of the molecule is Cc1nc([N+](=O)[O-])cn1CC(=O)Nc1cc(Cl)cc(Cl)c1. The Hall–Kier alpha value is -2.12. The van der Waals surface area contributed by atoms with E-state index in [1.165, 1.54) is 10.8 Å². The Balaban J connectivity index is 2.09. The van der Waals surface area contributed by atoms with Gasteiger partial charge in [-0.15, -0.1) is 0 Å². The highest BCUT2D eigenvalue weighted by Crippen LogP contribution is 2.22. The van der Waals surface area contributed by atoms with E-state index in [1.54, 1.807) is 25.1 Å². The van der Waals surface area contributed by atoms with Crippen LogP contribution in [0, 0.1) is 17.0 Å². The number of hydrogen-bond donors (Lipinski definition) is 1. The molecule has 9 heteroatoms. The second-order valence-electron chi connectivity index (χ2n) is 4.24. The van der Waals surface area contributed by atoms with E-state index in [2.05, 4.69) is 10.3 Å². The fourth-order valence-corrected chi connectivity index (χ4v) is 2.25. The minimum Gasteiger partial charge on any atom is -0.358 e. The number of carbonyl (C=O) groups excluding carboxylic acids is 1. The molecule has 0 saturated heterocycles. The monoisotopic (exact) mass is 328 g/mol. The fraction of sp³-hybridized carbons (Fsp3) is 0.167. The Morgan fingerprint density at radius 2 is 2.00 bits per heavy atom. The van der Waals surface area contributed by atoms with Crippen molar-refractivity contribution >= 4 is 40.6 Å². The minimum absolute atomic E-state index is 0.100. The lowest BCUT2D eigenvalue weighted by Crippen LogP contribution is -2.19. The van der Waals surface area contributed by atoms with Crippen LogP contribution in [0.15, 0.2) is 24.4 Å². The summed E-state index contributed by atoms with van der Waals surface area (Å²) < 4.78 is 1.39. The van der Waals surface area contributed by atoms with Crippen molar-refractivity contribution in [3.63, 3.8) is 0 Å². The van der Waals surface area contributed by atoms with Gasteiger partial charge in [-0.1, -0.05) is 23.2 Å². The van der Waals surface area contributed by atoms with E-state index >= 15 is 0 Å². The number of benzene rings is 1. The second-order valence-corrected chi connectivity index (χ2v) is 5.11. The van der Waals surface area contributed by atoms with Crippen LogP contribution in [0.3, 0.4) is 0 Å². The summed E-state index contributed by atoms with van der Waals surface area (Å²) in [6.45, 7) is 1.48. The molecule has 0 aliphatic carbocycles. The molecule has 1 aromatic carbocycles. The lowest BCUT2D eigenvalue weighted by atomic mass is 10.3. The van der Waals surface area contributed by atoms with Crippen LogP contribution >= 0.6 is 23.2 Å². The molecule has 0 spiro atoms. The van der Waals surface area contributed by atoms with Crippen LogP contribution in [-0.4, -0.2) is 20.4 Å². The molecule has 7 nitrogen and oxygen atoms in total. The molecule has 0 saturated carbocycles. The van der Waals surface area contributed by atoms with Gasteiger partial charge < -0.3 is 15.4 Å². The molecule has 21 heavy (non-hydrogen) atoms. The third-order valence-corrected chi connectivity index (χ3v) is 3.05. The van der Waals surface area contributed by atoms with E-state index in [1.807, 2.05) is 0 Å². The highest BCUT2D eigenvalue weighted by molar-refractivity contribution is 6.35. The Morgan fingerprint density at radius 3 is 2.52 bits per heavy atom. The molecule has 1 amide bonds. The standard InChI is InChI=1S/C12H10Cl2N4O3/c1-7-15-11(18(20)21)5-17(7)6-12(19)16-10-3-8(13)2-9(14)4-10/h2-5H,6H2,1H3,(H,16,19). The van der Waals surface area contributed by atoms with E-state index in [9.17, 15) is 14.9 Å².